The lowest BCUT2D eigenvalue weighted by Gasteiger charge is -2.25. The van der Waals surface area contributed by atoms with E-state index in [1.807, 2.05) is 0 Å². The first-order valence-electron chi connectivity index (χ1n) is 4.50. The summed E-state index contributed by atoms with van der Waals surface area (Å²) in [5.41, 5.74) is -0.0999. The lowest BCUT2D eigenvalue weighted by Crippen LogP contribution is -2.22. The van der Waals surface area contributed by atoms with E-state index in [9.17, 15) is 0 Å². The monoisotopic (exact) mass is 167 g/mol. The zero-order valence-electron chi connectivity index (χ0n) is 8.09. The predicted molar refractivity (Wildman–Crippen MR) is 47.3 cm³/mol. The average molecular weight is 167 g/mol. The lowest BCUT2D eigenvalue weighted by atomic mass is 9.76. The second-order valence-corrected chi connectivity index (χ2v) is 4.75. The molecule has 0 heterocycles. The van der Waals surface area contributed by atoms with Crippen LogP contribution in [0.5, 0.6) is 0 Å². The minimum Gasteiger partial charge on any atom is -0.396 e. The Labute approximate surface area is 74.2 Å². The van der Waals surface area contributed by atoms with Gasteiger partial charge in [0.15, 0.2) is 0 Å². The van der Waals surface area contributed by atoms with Gasteiger partial charge < -0.3 is 5.11 Å². The van der Waals surface area contributed by atoms with Crippen LogP contribution in [-0.4, -0.2) is 11.7 Å². The Morgan fingerprint density at radius 3 is 2.42 bits per heavy atom. The quantitative estimate of drug-likeness (QED) is 0.683. The SMILES string of the molecule is CC(C)(C)[C@]1(C#N)C[C@@H]1CCO. The minimum atomic E-state index is -0.157. The zero-order chi connectivity index (χ0) is 9.41. The summed E-state index contributed by atoms with van der Waals surface area (Å²) in [4.78, 5) is 0. The van der Waals surface area contributed by atoms with Crippen LogP contribution >= 0.6 is 0 Å². The van der Waals surface area contributed by atoms with Gasteiger partial charge in [-0.25, -0.2) is 0 Å². The van der Waals surface area contributed by atoms with Gasteiger partial charge in [0.25, 0.3) is 0 Å². The molecule has 1 saturated carbocycles. The molecule has 12 heavy (non-hydrogen) atoms. The molecule has 0 saturated heterocycles. The summed E-state index contributed by atoms with van der Waals surface area (Å²) in [5, 5.41) is 17.8. The van der Waals surface area contributed by atoms with Crippen molar-refractivity contribution in [1.82, 2.24) is 0 Å². The Morgan fingerprint density at radius 2 is 2.17 bits per heavy atom. The molecule has 0 bridgehead atoms. The summed E-state index contributed by atoms with van der Waals surface area (Å²) in [7, 11) is 0. The first-order valence-corrected chi connectivity index (χ1v) is 4.50. The van der Waals surface area contributed by atoms with Crippen molar-refractivity contribution in [1.29, 1.82) is 5.26 Å². The standard InChI is InChI=1S/C10H17NO/c1-9(2,3)10(7-11)6-8(10)4-5-12/h8,12H,4-6H2,1-3H3/t8-,10-/m0/s1. The molecule has 1 N–H and O–H groups in total. The molecule has 0 unspecified atom stereocenters. The molecule has 1 aliphatic carbocycles. The highest BCUT2D eigenvalue weighted by Gasteiger charge is 2.61. The van der Waals surface area contributed by atoms with Gasteiger partial charge in [-0.1, -0.05) is 20.8 Å². The summed E-state index contributed by atoms with van der Waals surface area (Å²) in [5.74, 6) is 0.424. The van der Waals surface area contributed by atoms with Gasteiger partial charge in [-0.3, -0.25) is 0 Å². The first kappa shape index (κ1) is 9.54. The van der Waals surface area contributed by atoms with E-state index in [1.54, 1.807) is 0 Å². The van der Waals surface area contributed by atoms with Gasteiger partial charge in [-0.15, -0.1) is 0 Å². The van der Waals surface area contributed by atoms with Crippen molar-refractivity contribution in [3.8, 4) is 6.07 Å². The predicted octanol–water partition coefficient (Wildman–Crippen LogP) is 1.94. The molecule has 0 amide bonds. The third kappa shape index (κ3) is 1.23. The molecule has 1 fully saturated rings. The number of aliphatic hydroxyl groups excluding tert-OH is 1. The number of aliphatic hydroxyl groups is 1. The van der Waals surface area contributed by atoms with Crippen LogP contribution in [-0.2, 0) is 0 Å². The molecule has 1 rings (SSSR count). The number of nitriles is 1. The van der Waals surface area contributed by atoms with E-state index in [2.05, 4.69) is 26.8 Å². The molecule has 0 spiro atoms. The molecule has 0 aliphatic heterocycles. The maximum absolute atomic E-state index is 9.06. The minimum absolute atomic E-state index is 0.0571. The van der Waals surface area contributed by atoms with Crippen molar-refractivity contribution in [2.45, 2.75) is 33.6 Å². The van der Waals surface area contributed by atoms with Crippen LogP contribution in [0.4, 0.5) is 0 Å². The molecule has 2 nitrogen and oxygen atoms in total. The fraction of sp³-hybridized carbons (Fsp3) is 0.900. The lowest BCUT2D eigenvalue weighted by molar-refractivity contribution is 0.225. The second-order valence-electron chi connectivity index (χ2n) is 4.75. The summed E-state index contributed by atoms with van der Waals surface area (Å²) in [6.45, 7) is 6.53. The molecule has 0 aromatic heterocycles. The van der Waals surface area contributed by atoms with Crippen molar-refractivity contribution in [2.75, 3.05) is 6.61 Å². The van der Waals surface area contributed by atoms with Gasteiger partial charge in [0.2, 0.25) is 0 Å². The molecule has 1 aliphatic rings. The average Bonchev–Trinajstić information content (AvgIpc) is 2.63. The first-order chi connectivity index (χ1) is 5.48. The Bertz CT molecular complexity index is 211. The summed E-state index contributed by atoms with van der Waals surface area (Å²) in [6.07, 6.45) is 1.75. The van der Waals surface area contributed by atoms with Crippen LogP contribution in [0.2, 0.25) is 0 Å². The third-order valence-corrected chi connectivity index (χ3v) is 3.12. The van der Waals surface area contributed by atoms with E-state index in [0.717, 1.165) is 12.8 Å². The highest BCUT2D eigenvalue weighted by atomic mass is 16.3. The third-order valence-electron chi connectivity index (χ3n) is 3.12. The highest BCUT2D eigenvalue weighted by molar-refractivity contribution is 5.20. The summed E-state index contributed by atoms with van der Waals surface area (Å²) in [6, 6.07) is 2.42. The molecule has 0 radical (unpaired) electrons. The zero-order valence-corrected chi connectivity index (χ0v) is 8.09. The van der Waals surface area contributed by atoms with E-state index in [4.69, 9.17) is 10.4 Å². The van der Waals surface area contributed by atoms with Gasteiger partial charge >= 0.3 is 0 Å². The van der Waals surface area contributed by atoms with Crippen molar-refractivity contribution >= 4 is 0 Å². The van der Waals surface area contributed by atoms with Crippen LogP contribution in [0.1, 0.15) is 33.6 Å². The molecule has 0 aromatic rings. The number of hydrogen-bond donors (Lipinski definition) is 1. The molecule has 0 aromatic carbocycles. The second kappa shape index (κ2) is 2.74. The number of rotatable bonds is 2. The smallest absolute Gasteiger partial charge is 0.0698 e. The van der Waals surface area contributed by atoms with Crippen LogP contribution < -0.4 is 0 Å². The van der Waals surface area contributed by atoms with Gasteiger partial charge in [0.05, 0.1) is 11.5 Å². The van der Waals surface area contributed by atoms with Gasteiger partial charge in [0, 0.05) is 6.61 Å². The maximum atomic E-state index is 9.06. The van der Waals surface area contributed by atoms with E-state index in [-0.39, 0.29) is 17.4 Å². The maximum Gasteiger partial charge on any atom is 0.0698 e. The molecule has 2 heteroatoms. The van der Waals surface area contributed by atoms with E-state index in [1.165, 1.54) is 0 Å². The van der Waals surface area contributed by atoms with Crippen molar-refractivity contribution in [3.05, 3.63) is 0 Å². The van der Waals surface area contributed by atoms with Crippen molar-refractivity contribution in [2.24, 2.45) is 16.7 Å². The van der Waals surface area contributed by atoms with Crippen LogP contribution in [0.15, 0.2) is 0 Å². The van der Waals surface area contributed by atoms with Crippen LogP contribution in [0.25, 0.3) is 0 Å². The van der Waals surface area contributed by atoms with E-state index < -0.39 is 0 Å². The van der Waals surface area contributed by atoms with Crippen LogP contribution in [0, 0.1) is 28.1 Å². The van der Waals surface area contributed by atoms with Crippen molar-refractivity contribution < 1.29 is 5.11 Å². The number of hydrogen-bond acceptors (Lipinski definition) is 2. The largest absolute Gasteiger partial charge is 0.396 e. The molecular weight excluding hydrogens is 150 g/mol. The summed E-state index contributed by atoms with van der Waals surface area (Å²) >= 11 is 0. The van der Waals surface area contributed by atoms with Gasteiger partial charge in [-0.2, -0.15) is 5.26 Å². The molecule has 2 atom stereocenters. The van der Waals surface area contributed by atoms with E-state index >= 15 is 0 Å². The number of nitrogens with zero attached hydrogens (tertiary/aromatic N) is 1. The van der Waals surface area contributed by atoms with E-state index in [0.29, 0.717) is 5.92 Å². The van der Waals surface area contributed by atoms with Crippen molar-refractivity contribution in [3.63, 3.8) is 0 Å². The fourth-order valence-electron chi connectivity index (χ4n) is 2.06. The molecule has 68 valence electrons. The Hall–Kier alpha value is -0.550. The normalized spacial score (nSPS) is 34.4. The Balaban J connectivity index is 2.67. The Kier molecular flexibility index (Phi) is 2.18. The topological polar surface area (TPSA) is 44.0 Å². The highest BCUT2D eigenvalue weighted by Crippen LogP contribution is 2.63. The Morgan fingerprint density at radius 1 is 1.58 bits per heavy atom. The van der Waals surface area contributed by atoms with Gasteiger partial charge in [-0.05, 0) is 24.2 Å². The summed E-state index contributed by atoms with van der Waals surface area (Å²) < 4.78 is 0. The van der Waals surface area contributed by atoms with Gasteiger partial charge in [0.1, 0.15) is 0 Å². The molecular formula is C10H17NO. The fourth-order valence-corrected chi connectivity index (χ4v) is 2.06. The van der Waals surface area contributed by atoms with Crippen LogP contribution in [0.3, 0.4) is 0 Å².